The van der Waals surface area contributed by atoms with Crippen LogP contribution in [-0.2, 0) is 4.79 Å². The van der Waals surface area contributed by atoms with E-state index in [4.69, 9.17) is 0 Å². The van der Waals surface area contributed by atoms with Gasteiger partial charge in [-0.2, -0.15) is 0 Å². The molecule has 1 aliphatic heterocycles. The highest BCUT2D eigenvalue weighted by Crippen LogP contribution is 2.11. The predicted molar refractivity (Wildman–Crippen MR) is 83.2 cm³/mol. The second-order valence-electron chi connectivity index (χ2n) is 5.28. The first-order valence-corrected chi connectivity index (χ1v) is 7.36. The van der Waals surface area contributed by atoms with E-state index in [1.807, 2.05) is 45.2 Å². The van der Waals surface area contributed by atoms with Crippen molar-refractivity contribution in [1.29, 1.82) is 0 Å². The van der Waals surface area contributed by atoms with E-state index in [0.29, 0.717) is 0 Å². The zero-order valence-electron chi connectivity index (χ0n) is 13.1. The molecule has 0 radical (unpaired) electrons. The quantitative estimate of drug-likeness (QED) is 0.498. The largest absolute Gasteiger partial charge is 0.386 e. The van der Waals surface area contributed by atoms with Gasteiger partial charge in [-0.1, -0.05) is 13.0 Å². The van der Waals surface area contributed by atoms with E-state index >= 15 is 0 Å². The van der Waals surface area contributed by atoms with Crippen LogP contribution in [0.25, 0.3) is 0 Å². The number of carbonyl (C=O) groups is 1. The number of likely N-dealkylation sites (N-methyl/N-ethyl adjacent to an activating group) is 1. The molecule has 0 atom stereocenters. The highest BCUT2D eigenvalue weighted by Gasteiger charge is 2.19. The summed E-state index contributed by atoms with van der Waals surface area (Å²) in [6.07, 6.45) is 6.74. The highest BCUT2D eigenvalue weighted by molar-refractivity contribution is 5.97. The van der Waals surface area contributed by atoms with E-state index in [9.17, 15) is 4.79 Å². The summed E-state index contributed by atoms with van der Waals surface area (Å²) >= 11 is 0. The van der Waals surface area contributed by atoms with Crippen molar-refractivity contribution in [2.24, 2.45) is 0 Å². The van der Waals surface area contributed by atoms with Gasteiger partial charge in [0.05, 0.1) is 11.3 Å². The van der Waals surface area contributed by atoms with Crippen LogP contribution in [0.1, 0.15) is 26.2 Å². The fourth-order valence-electron chi connectivity index (χ4n) is 2.29. The molecule has 1 fully saturated rings. The summed E-state index contributed by atoms with van der Waals surface area (Å²) in [6, 6.07) is 0.279. The number of nitrogens with zero attached hydrogens (tertiary/aromatic N) is 1. The maximum absolute atomic E-state index is 12.5. The highest BCUT2D eigenvalue weighted by atomic mass is 16.1. The molecule has 0 bridgehead atoms. The Morgan fingerprint density at radius 2 is 2.00 bits per heavy atom. The molecule has 0 spiro atoms. The Labute approximate surface area is 122 Å². The van der Waals surface area contributed by atoms with Gasteiger partial charge in [0.2, 0.25) is 0 Å². The summed E-state index contributed by atoms with van der Waals surface area (Å²) < 4.78 is 0. The summed E-state index contributed by atoms with van der Waals surface area (Å²) in [7, 11) is 5.74. The number of piperidine rings is 1. The number of rotatable bonds is 6. The molecule has 1 rings (SSSR count). The van der Waals surface area contributed by atoms with Crippen molar-refractivity contribution in [1.82, 2.24) is 20.9 Å². The number of hydrogen-bond donors (Lipinski definition) is 3. The number of hydrogen-bond acceptors (Lipinski definition) is 4. The van der Waals surface area contributed by atoms with Crippen molar-refractivity contribution in [2.45, 2.75) is 32.2 Å². The van der Waals surface area contributed by atoms with Gasteiger partial charge in [-0.05, 0) is 32.4 Å². The van der Waals surface area contributed by atoms with Crippen molar-refractivity contribution in [3.63, 3.8) is 0 Å². The molecular weight excluding hydrogens is 252 g/mol. The molecule has 1 amide bonds. The van der Waals surface area contributed by atoms with Crippen molar-refractivity contribution < 1.29 is 4.79 Å². The average Bonchev–Trinajstić information content (AvgIpc) is 2.43. The predicted octanol–water partition coefficient (Wildman–Crippen LogP) is 0.813. The molecular formula is C15H28N4O. The molecule has 0 aliphatic carbocycles. The molecule has 5 heteroatoms. The van der Waals surface area contributed by atoms with Gasteiger partial charge in [0.25, 0.3) is 5.91 Å². The van der Waals surface area contributed by atoms with Crippen molar-refractivity contribution in [3.05, 3.63) is 23.5 Å². The lowest BCUT2D eigenvalue weighted by Gasteiger charge is -2.25. The van der Waals surface area contributed by atoms with Crippen molar-refractivity contribution >= 4 is 5.91 Å². The molecule has 20 heavy (non-hydrogen) atoms. The Balaban J connectivity index is 2.78. The molecule has 0 aromatic heterocycles. The first-order valence-electron chi connectivity index (χ1n) is 7.36. The second-order valence-corrected chi connectivity index (χ2v) is 5.28. The molecule has 1 heterocycles. The first kappa shape index (κ1) is 16.6. The summed E-state index contributed by atoms with van der Waals surface area (Å²) in [5.41, 5.74) is 1.57. The molecule has 0 unspecified atom stereocenters. The van der Waals surface area contributed by atoms with E-state index in [1.54, 1.807) is 0 Å². The summed E-state index contributed by atoms with van der Waals surface area (Å²) in [6.45, 7) is 4.00. The molecule has 0 saturated carbocycles. The van der Waals surface area contributed by atoms with Gasteiger partial charge in [-0.3, -0.25) is 4.79 Å². The monoisotopic (exact) mass is 280 g/mol. The van der Waals surface area contributed by atoms with Crippen LogP contribution in [0.3, 0.4) is 0 Å². The van der Waals surface area contributed by atoms with Crippen LogP contribution in [0.4, 0.5) is 0 Å². The number of amides is 1. The van der Waals surface area contributed by atoms with Crippen LogP contribution in [0.5, 0.6) is 0 Å². The van der Waals surface area contributed by atoms with Crippen molar-refractivity contribution in [3.8, 4) is 0 Å². The zero-order valence-corrected chi connectivity index (χ0v) is 13.1. The maximum atomic E-state index is 12.5. The van der Waals surface area contributed by atoms with Crippen LogP contribution in [0.2, 0.25) is 0 Å². The van der Waals surface area contributed by atoms with Gasteiger partial charge in [0.1, 0.15) is 0 Å². The van der Waals surface area contributed by atoms with Gasteiger partial charge in [0, 0.05) is 33.4 Å². The molecule has 3 N–H and O–H groups in total. The summed E-state index contributed by atoms with van der Waals surface area (Å²) in [5.74, 6) is 0.0150. The number of nitrogens with one attached hydrogen (secondary N) is 3. The van der Waals surface area contributed by atoms with Crippen LogP contribution in [0, 0.1) is 0 Å². The maximum Gasteiger partial charge on any atom is 0.253 e. The lowest BCUT2D eigenvalue weighted by molar-refractivity contribution is -0.118. The number of carbonyl (C=O) groups excluding carboxylic acids is 1. The molecule has 5 nitrogen and oxygen atoms in total. The lowest BCUT2D eigenvalue weighted by atomic mass is 10.0. The fraction of sp³-hybridized carbons (Fsp3) is 0.667. The number of allylic oxidation sites excluding steroid dienone is 1. The van der Waals surface area contributed by atoms with Crippen LogP contribution >= 0.6 is 0 Å². The smallest absolute Gasteiger partial charge is 0.253 e. The minimum atomic E-state index is 0.0150. The van der Waals surface area contributed by atoms with E-state index in [1.165, 1.54) is 0 Å². The van der Waals surface area contributed by atoms with Gasteiger partial charge < -0.3 is 20.9 Å². The molecule has 114 valence electrons. The Kier molecular flexibility index (Phi) is 7.15. The average molecular weight is 280 g/mol. The molecule has 1 aliphatic rings. The minimum absolute atomic E-state index is 0.0150. The van der Waals surface area contributed by atoms with Gasteiger partial charge in [-0.15, -0.1) is 0 Å². The third-order valence-electron chi connectivity index (χ3n) is 3.27. The van der Waals surface area contributed by atoms with Gasteiger partial charge >= 0.3 is 0 Å². The van der Waals surface area contributed by atoms with E-state index in [-0.39, 0.29) is 11.9 Å². The summed E-state index contributed by atoms with van der Waals surface area (Å²) in [5, 5.41) is 9.57. The Morgan fingerprint density at radius 1 is 1.35 bits per heavy atom. The van der Waals surface area contributed by atoms with E-state index in [0.717, 1.165) is 43.6 Å². The van der Waals surface area contributed by atoms with E-state index < -0.39 is 0 Å². The van der Waals surface area contributed by atoms with Crippen LogP contribution in [-0.4, -0.2) is 51.1 Å². The third-order valence-corrected chi connectivity index (χ3v) is 3.27. The molecule has 1 saturated heterocycles. The molecule has 0 aromatic rings. The normalized spacial score (nSPS) is 17.8. The van der Waals surface area contributed by atoms with Crippen LogP contribution < -0.4 is 16.0 Å². The minimum Gasteiger partial charge on any atom is -0.386 e. The second kappa shape index (κ2) is 8.64. The van der Waals surface area contributed by atoms with Gasteiger partial charge in [-0.25, -0.2) is 0 Å². The summed E-state index contributed by atoms with van der Waals surface area (Å²) in [4.78, 5) is 14.4. The fourth-order valence-corrected chi connectivity index (χ4v) is 2.29. The van der Waals surface area contributed by atoms with Crippen LogP contribution in [0.15, 0.2) is 23.5 Å². The third kappa shape index (κ3) is 5.25. The van der Waals surface area contributed by atoms with E-state index in [2.05, 4.69) is 16.0 Å². The molecule has 0 aromatic carbocycles. The lowest BCUT2D eigenvalue weighted by Crippen LogP contribution is -2.43. The zero-order chi connectivity index (χ0) is 15.0. The topological polar surface area (TPSA) is 56.4 Å². The van der Waals surface area contributed by atoms with Gasteiger partial charge in [0.15, 0.2) is 0 Å². The SMILES string of the molecule is CC/C=C(C(=O)NC1CCNCC1)/C(=C\N(C)C)NC. The Morgan fingerprint density at radius 3 is 2.50 bits per heavy atom. The first-order chi connectivity index (χ1) is 9.58. The van der Waals surface area contributed by atoms with Crippen molar-refractivity contribution in [2.75, 3.05) is 34.2 Å². The Bertz CT molecular complexity index is 368. The standard InChI is InChI=1S/C15H28N4O/c1-5-6-13(14(16-2)11-19(3)4)15(20)18-12-7-9-17-10-8-12/h6,11-12,16-17H,5,7-10H2,1-4H3,(H,18,20)/b13-6-,14-11+. The Hall–Kier alpha value is -1.49.